The number of aliphatic imine (C=N–C) groups is 3. The summed E-state index contributed by atoms with van der Waals surface area (Å²) in [5.41, 5.74) is 0.0521. The fourth-order valence-corrected chi connectivity index (χ4v) is 8.60. The third-order valence-electron chi connectivity index (χ3n) is 10.8. The van der Waals surface area contributed by atoms with Gasteiger partial charge in [-0.05, 0) is 99.7 Å². The van der Waals surface area contributed by atoms with Crippen molar-refractivity contribution in [3.05, 3.63) is 58.4 Å². The van der Waals surface area contributed by atoms with Crippen LogP contribution in [0.15, 0.2) is 56.5 Å². The Hall–Kier alpha value is -3.51. The number of piperidine rings is 1. The fraction of sp³-hybridized carbons (Fsp3) is 0.553. The number of likely N-dealkylation sites (tertiary alicyclic amines) is 1. The number of aliphatic hydroxyl groups excluding tert-OH is 1. The third-order valence-corrected chi connectivity index (χ3v) is 10.8. The van der Waals surface area contributed by atoms with Crippen molar-refractivity contribution in [2.75, 3.05) is 46.5 Å². The molecule has 9 nitrogen and oxygen atoms in total. The smallest absolute Gasteiger partial charge is 0.175 e. The number of ether oxygens (including phenoxy) is 1. The number of nitrogens with zero attached hydrogens (tertiary/aromatic N) is 5. The highest BCUT2D eigenvalue weighted by Gasteiger charge is 2.51. The topological polar surface area (TPSA) is 113 Å². The van der Waals surface area contributed by atoms with Crippen LogP contribution in [-0.4, -0.2) is 108 Å². The van der Waals surface area contributed by atoms with Crippen molar-refractivity contribution in [3.63, 3.8) is 0 Å². The molecule has 3 N–H and O–H groups in total. The van der Waals surface area contributed by atoms with Crippen LogP contribution in [0, 0.1) is 11.2 Å². The summed E-state index contributed by atoms with van der Waals surface area (Å²) in [6.07, 6.45) is 9.93. The Kier molecular flexibility index (Phi) is 10.4. The molecule has 2 aliphatic carbocycles. The SMILES string of the molecule is C=N/C(=C1/C=NC(c2cc(O)cc3ccc(F)c(CC)c23)=C(F)C1=NCC12CCCC1N(C1CC1)CCC2)N1CCOCC(C)(O)C1.CO. The molecule has 49 heavy (non-hydrogen) atoms. The molecule has 2 aromatic rings. The zero-order valence-electron chi connectivity index (χ0n) is 28.9. The van der Waals surface area contributed by atoms with Gasteiger partial charge in [0, 0.05) is 49.5 Å². The van der Waals surface area contributed by atoms with E-state index < -0.39 is 11.4 Å². The summed E-state index contributed by atoms with van der Waals surface area (Å²) in [6.45, 7) is 10.1. The average molecular weight is 678 g/mol. The number of allylic oxidation sites excluding steroid dienone is 2. The van der Waals surface area contributed by atoms with Gasteiger partial charge in [0.05, 0.1) is 25.3 Å². The molecule has 11 heteroatoms. The number of rotatable bonds is 7. The van der Waals surface area contributed by atoms with Crippen LogP contribution in [-0.2, 0) is 11.2 Å². The molecule has 5 aliphatic rings. The van der Waals surface area contributed by atoms with Gasteiger partial charge in [0.1, 0.15) is 34.4 Å². The van der Waals surface area contributed by atoms with Gasteiger partial charge in [-0.2, -0.15) is 0 Å². The van der Waals surface area contributed by atoms with E-state index in [2.05, 4.69) is 21.6 Å². The zero-order chi connectivity index (χ0) is 34.9. The van der Waals surface area contributed by atoms with Gasteiger partial charge in [-0.1, -0.05) is 19.4 Å². The highest BCUT2D eigenvalue weighted by atomic mass is 19.1. The van der Waals surface area contributed by atoms with E-state index in [-0.39, 0.29) is 41.5 Å². The van der Waals surface area contributed by atoms with Crippen molar-refractivity contribution in [2.45, 2.75) is 82.9 Å². The Morgan fingerprint density at radius 1 is 1.12 bits per heavy atom. The lowest BCUT2D eigenvalue weighted by Gasteiger charge is -2.46. The first-order valence-electron chi connectivity index (χ1n) is 17.5. The summed E-state index contributed by atoms with van der Waals surface area (Å²) in [7, 11) is 1.00. The first-order valence-corrected chi connectivity index (χ1v) is 17.5. The number of fused-ring (bicyclic) bond motifs is 2. The summed E-state index contributed by atoms with van der Waals surface area (Å²) in [5, 5.41) is 29.8. The molecule has 3 heterocycles. The third kappa shape index (κ3) is 6.82. The Labute approximate surface area is 287 Å². The molecule has 0 bridgehead atoms. The van der Waals surface area contributed by atoms with Crippen LogP contribution in [0.3, 0.4) is 0 Å². The number of aromatic hydroxyl groups is 1. The number of hydrogen-bond acceptors (Lipinski definition) is 9. The molecule has 2 saturated carbocycles. The van der Waals surface area contributed by atoms with Gasteiger partial charge >= 0.3 is 0 Å². The van der Waals surface area contributed by atoms with E-state index in [1.54, 1.807) is 25.3 Å². The molecule has 3 aliphatic heterocycles. The molecule has 3 unspecified atom stereocenters. The molecular formula is C38H49F2N5O4. The van der Waals surface area contributed by atoms with Crippen LogP contribution in [0.1, 0.15) is 69.9 Å². The summed E-state index contributed by atoms with van der Waals surface area (Å²) in [6, 6.07) is 7.08. The lowest BCUT2D eigenvalue weighted by atomic mass is 9.74. The maximum absolute atomic E-state index is 17.3. The quantitative estimate of drug-likeness (QED) is 0.319. The second-order valence-corrected chi connectivity index (χ2v) is 14.3. The Bertz CT molecular complexity index is 1720. The van der Waals surface area contributed by atoms with Crippen molar-refractivity contribution < 1.29 is 28.8 Å². The zero-order valence-corrected chi connectivity index (χ0v) is 28.9. The van der Waals surface area contributed by atoms with Gasteiger partial charge in [0.25, 0.3) is 0 Å². The van der Waals surface area contributed by atoms with E-state index in [0.717, 1.165) is 45.8 Å². The molecular weight excluding hydrogens is 628 g/mol. The molecule has 3 atom stereocenters. The number of halogens is 2. The predicted molar refractivity (Wildman–Crippen MR) is 191 cm³/mol. The van der Waals surface area contributed by atoms with E-state index in [9.17, 15) is 10.2 Å². The standard InChI is InChI=1S/C37H45F2N5O3.CH4O/c1-4-26-29(38)11-8-23-17-25(45)18-27(31(23)26)33-32(39)34(28(19-41-33)35(40-3)43-15-16-47-22-36(2,46)21-43)42-20-37-12-5-7-30(37)44(14-6-13-37)24-9-10-24;1-2/h8,11,17-19,24,30,45-46H,3-7,9-10,12-16,20-22H2,1-2H3;2H,1H3/b35-28+,42-34?;. The van der Waals surface area contributed by atoms with Crippen molar-refractivity contribution in [1.29, 1.82) is 0 Å². The molecule has 0 aromatic heterocycles. The van der Waals surface area contributed by atoms with Gasteiger partial charge in [-0.25, -0.2) is 13.8 Å². The van der Waals surface area contributed by atoms with E-state index in [1.807, 2.05) is 11.8 Å². The van der Waals surface area contributed by atoms with Crippen molar-refractivity contribution in [3.8, 4) is 5.75 Å². The van der Waals surface area contributed by atoms with Crippen molar-refractivity contribution in [2.24, 2.45) is 20.4 Å². The molecule has 0 amide bonds. The first-order chi connectivity index (χ1) is 23.6. The highest BCUT2D eigenvalue weighted by Crippen LogP contribution is 2.51. The summed E-state index contributed by atoms with van der Waals surface area (Å²) >= 11 is 0. The van der Waals surface area contributed by atoms with Crippen molar-refractivity contribution >= 4 is 35.1 Å². The Balaban J connectivity index is 0.00000205. The fourth-order valence-electron chi connectivity index (χ4n) is 8.60. The number of phenolic OH excluding ortho intramolecular Hbond substituents is 1. The lowest BCUT2D eigenvalue weighted by Crippen LogP contribution is -2.51. The lowest BCUT2D eigenvalue weighted by molar-refractivity contribution is -0.0198. The first kappa shape index (κ1) is 35.3. The maximum Gasteiger partial charge on any atom is 0.175 e. The van der Waals surface area contributed by atoms with E-state index in [1.165, 1.54) is 25.0 Å². The number of aryl methyl sites for hydroxylation is 1. The Morgan fingerprint density at radius 3 is 2.63 bits per heavy atom. The second kappa shape index (κ2) is 14.4. The van der Waals surface area contributed by atoms with Crippen LogP contribution >= 0.6 is 0 Å². The molecule has 7 rings (SSSR count). The molecule has 2 saturated heterocycles. The minimum atomic E-state index is -1.15. The monoisotopic (exact) mass is 677 g/mol. The minimum Gasteiger partial charge on any atom is -0.508 e. The van der Waals surface area contributed by atoms with Crippen LogP contribution in [0.2, 0.25) is 0 Å². The summed E-state index contributed by atoms with van der Waals surface area (Å²) < 4.78 is 38.1. The summed E-state index contributed by atoms with van der Waals surface area (Å²) in [4.78, 5) is 18.7. The van der Waals surface area contributed by atoms with E-state index in [4.69, 9.17) is 14.8 Å². The average Bonchev–Trinajstić information content (AvgIpc) is 3.87. The predicted octanol–water partition coefficient (Wildman–Crippen LogP) is 5.81. The van der Waals surface area contributed by atoms with Crippen LogP contribution in [0.5, 0.6) is 5.75 Å². The van der Waals surface area contributed by atoms with Crippen LogP contribution in [0.4, 0.5) is 8.78 Å². The van der Waals surface area contributed by atoms with Gasteiger partial charge in [-0.3, -0.25) is 14.9 Å². The number of aliphatic hydroxyl groups is 2. The largest absolute Gasteiger partial charge is 0.508 e. The number of hydrogen-bond donors (Lipinski definition) is 3. The minimum absolute atomic E-state index is 0.00738. The molecule has 0 radical (unpaired) electrons. The van der Waals surface area contributed by atoms with E-state index >= 15 is 8.78 Å². The maximum atomic E-state index is 17.3. The van der Waals surface area contributed by atoms with Gasteiger partial charge < -0.3 is 25.0 Å². The molecule has 0 spiro atoms. The normalized spacial score (nSPS) is 29.5. The van der Waals surface area contributed by atoms with Gasteiger partial charge in [0.2, 0.25) is 0 Å². The van der Waals surface area contributed by atoms with Crippen molar-refractivity contribution in [1.82, 2.24) is 9.80 Å². The number of benzene rings is 2. The van der Waals surface area contributed by atoms with Crippen LogP contribution < -0.4 is 0 Å². The Morgan fingerprint density at radius 2 is 1.90 bits per heavy atom. The summed E-state index contributed by atoms with van der Waals surface area (Å²) in [5.74, 6) is -0.732. The second-order valence-electron chi connectivity index (χ2n) is 14.3. The highest BCUT2D eigenvalue weighted by molar-refractivity contribution is 6.29. The van der Waals surface area contributed by atoms with Gasteiger partial charge in [0.15, 0.2) is 5.83 Å². The van der Waals surface area contributed by atoms with E-state index in [0.29, 0.717) is 71.5 Å². The van der Waals surface area contributed by atoms with Crippen LogP contribution in [0.25, 0.3) is 16.5 Å². The van der Waals surface area contributed by atoms with Gasteiger partial charge in [-0.15, -0.1) is 0 Å². The molecule has 2 aromatic carbocycles. The number of β-amino-alcohol motifs (C(OH)–C–C–N with tert-alkyl or cyclic N) is 1. The molecule has 264 valence electrons. The number of phenols is 1. The molecule has 4 fully saturated rings.